The van der Waals surface area contributed by atoms with Gasteiger partial charge in [0.25, 0.3) is 0 Å². The molecule has 1 aliphatic rings. The van der Waals surface area contributed by atoms with Crippen molar-refractivity contribution >= 4 is 27.4 Å². The molecule has 0 spiro atoms. The molecule has 4 heteroatoms. The van der Waals surface area contributed by atoms with Gasteiger partial charge in [0.1, 0.15) is 5.54 Å². The van der Waals surface area contributed by atoms with E-state index in [0.717, 1.165) is 25.9 Å². The molecule has 1 saturated heterocycles. The van der Waals surface area contributed by atoms with E-state index in [2.05, 4.69) is 22.4 Å². The maximum atomic E-state index is 11.7. The summed E-state index contributed by atoms with van der Waals surface area (Å²) in [5.74, 6) is -0.669. The molecule has 0 bridgehead atoms. The van der Waals surface area contributed by atoms with Crippen LogP contribution in [0.1, 0.15) is 31.7 Å². The van der Waals surface area contributed by atoms with Crippen LogP contribution in [0.25, 0.3) is 10.1 Å². The SMILES string of the molecule is CCC1(C(=O)O)CCCN1Cc1csc2ccccc12. The molecule has 106 valence electrons. The number of benzene rings is 1. The van der Waals surface area contributed by atoms with E-state index in [0.29, 0.717) is 6.42 Å². The zero-order valence-corrected chi connectivity index (χ0v) is 12.4. The van der Waals surface area contributed by atoms with E-state index >= 15 is 0 Å². The van der Waals surface area contributed by atoms with E-state index in [1.807, 2.05) is 19.1 Å². The van der Waals surface area contributed by atoms with Crippen LogP contribution in [0.5, 0.6) is 0 Å². The second-order valence-corrected chi connectivity index (χ2v) is 6.38. The van der Waals surface area contributed by atoms with Crippen molar-refractivity contribution < 1.29 is 9.90 Å². The summed E-state index contributed by atoms with van der Waals surface area (Å²) in [5, 5.41) is 13.1. The number of hydrogen-bond donors (Lipinski definition) is 1. The van der Waals surface area contributed by atoms with E-state index in [4.69, 9.17) is 0 Å². The summed E-state index contributed by atoms with van der Waals surface area (Å²) < 4.78 is 1.28. The van der Waals surface area contributed by atoms with Crippen LogP contribution < -0.4 is 0 Å². The Balaban J connectivity index is 1.92. The predicted molar refractivity (Wildman–Crippen MR) is 82.1 cm³/mol. The normalized spacial score (nSPS) is 23.4. The first kappa shape index (κ1) is 13.6. The van der Waals surface area contributed by atoms with Crippen LogP contribution in [0, 0.1) is 0 Å². The molecule has 1 unspecified atom stereocenters. The van der Waals surface area contributed by atoms with Gasteiger partial charge in [0, 0.05) is 11.2 Å². The Kier molecular flexibility index (Phi) is 3.52. The molecule has 3 rings (SSSR count). The maximum absolute atomic E-state index is 11.7. The molecule has 1 aromatic heterocycles. The number of aliphatic carboxylic acids is 1. The van der Waals surface area contributed by atoms with Crippen LogP contribution in [0.15, 0.2) is 29.6 Å². The van der Waals surface area contributed by atoms with Crippen molar-refractivity contribution in [1.29, 1.82) is 0 Å². The highest BCUT2D eigenvalue weighted by atomic mass is 32.1. The smallest absolute Gasteiger partial charge is 0.324 e. The standard InChI is InChI=1S/C16H19NO2S/c1-2-16(15(18)19)8-5-9-17(16)10-12-11-20-14-7-4-3-6-13(12)14/h3-4,6-7,11H,2,5,8-10H2,1H3,(H,18,19). The van der Waals surface area contributed by atoms with E-state index in [-0.39, 0.29) is 0 Å². The lowest BCUT2D eigenvalue weighted by Gasteiger charge is -2.33. The number of thiophene rings is 1. The largest absolute Gasteiger partial charge is 0.480 e. The minimum absolute atomic E-state index is 0.664. The average Bonchev–Trinajstić information content (AvgIpc) is 3.05. The Morgan fingerprint density at radius 3 is 3.00 bits per heavy atom. The van der Waals surface area contributed by atoms with Crippen LogP contribution >= 0.6 is 11.3 Å². The van der Waals surface area contributed by atoms with Gasteiger partial charge in [-0.25, -0.2) is 0 Å². The number of hydrogen-bond acceptors (Lipinski definition) is 3. The Morgan fingerprint density at radius 2 is 2.25 bits per heavy atom. The monoisotopic (exact) mass is 289 g/mol. The van der Waals surface area contributed by atoms with Gasteiger partial charge >= 0.3 is 5.97 Å². The van der Waals surface area contributed by atoms with Gasteiger partial charge in [-0.3, -0.25) is 9.69 Å². The lowest BCUT2D eigenvalue weighted by atomic mass is 9.92. The Hall–Kier alpha value is -1.39. The molecule has 3 nitrogen and oxygen atoms in total. The molecule has 1 fully saturated rings. The Bertz CT molecular complexity index is 636. The minimum atomic E-state index is -0.669. The highest BCUT2D eigenvalue weighted by Gasteiger charge is 2.46. The lowest BCUT2D eigenvalue weighted by Crippen LogP contribution is -2.49. The number of carboxylic acids is 1. The zero-order chi connectivity index (χ0) is 14.2. The van der Waals surface area contributed by atoms with Crippen LogP contribution in [0.2, 0.25) is 0 Å². The fourth-order valence-corrected chi connectivity index (χ4v) is 4.27. The maximum Gasteiger partial charge on any atom is 0.324 e. The number of carboxylic acid groups (broad SMARTS) is 1. The van der Waals surface area contributed by atoms with Gasteiger partial charge in [-0.15, -0.1) is 11.3 Å². The summed E-state index contributed by atoms with van der Waals surface area (Å²) in [7, 11) is 0. The number of rotatable bonds is 4. The molecule has 1 aromatic carbocycles. The fraction of sp³-hybridized carbons (Fsp3) is 0.438. The molecule has 2 aromatic rings. The molecule has 1 aliphatic heterocycles. The molecule has 2 heterocycles. The van der Waals surface area contributed by atoms with Crippen molar-refractivity contribution in [3.63, 3.8) is 0 Å². The fourth-order valence-electron chi connectivity index (χ4n) is 3.32. The lowest BCUT2D eigenvalue weighted by molar-refractivity contribution is -0.150. The predicted octanol–water partition coefficient (Wildman–Crippen LogP) is 3.73. The first-order valence-electron chi connectivity index (χ1n) is 7.11. The molecule has 20 heavy (non-hydrogen) atoms. The summed E-state index contributed by atoms with van der Waals surface area (Å²) in [4.78, 5) is 13.9. The highest BCUT2D eigenvalue weighted by molar-refractivity contribution is 7.17. The molecular formula is C16H19NO2S. The summed E-state index contributed by atoms with van der Waals surface area (Å²) >= 11 is 1.74. The van der Waals surface area contributed by atoms with Crippen molar-refractivity contribution in [3.05, 3.63) is 35.2 Å². The summed E-state index contributed by atoms with van der Waals surface area (Å²) in [6, 6.07) is 8.35. The molecule has 1 atom stereocenters. The molecule has 1 N–H and O–H groups in total. The van der Waals surface area contributed by atoms with Crippen molar-refractivity contribution in [2.24, 2.45) is 0 Å². The van der Waals surface area contributed by atoms with Crippen LogP contribution in [-0.2, 0) is 11.3 Å². The Morgan fingerprint density at radius 1 is 1.45 bits per heavy atom. The van der Waals surface area contributed by atoms with Gasteiger partial charge in [-0.2, -0.15) is 0 Å². The second kappa shape index (κ2) is 5.19. The Labute approximate surface area is 122 Å². The van der Waals surface area contributed by atoms with Crippen LogP contribution in [0.4, 0.5) is 0 Å². The van der Waals surface area contributed by atoms with Crippen molar-refractivity contribution in [2.75, 3.05) is 6.54 Å². The molecule has 0 saturated carbocycles. The van der Waals surface area contributed by atoms with Gasteiger partial charge in [0.15, 0.2) is 0 Å². The van der Waals surface area contributed by atoms with Gasteiger partial charge in [0.2, 0.25) is 0 Å². The van der Waals surface area contributed by atoms with E-state index < -0.39 is 11.5 Å². The van der Waals surface area contributed by atoms with Crippen LogP contribution in [0.3, 0.4) is 0 Å². The topological polar surface area (TPSA) is 40.5 Å². The second-order valence-electron chi connectivity index (χ2n) is 5.47. The van der Waals surface area contributed by atoms with Gasteiger partial charge < -0.3 is 5.11 Å². The van der Waals surface area contributed by atoms with Gasteiger partial charge in [-0.1, -0.05) is 25.1 Å². The third kappa shape index (κ3) is 2.03. The van der Waals surface area contributed by atoms with Gasteiger partial charge in [-0.05, 0) is 48.2 Å². The molecular weight excluding hydrogens is 270 g/mol. The third-order valence-electron chi connectivity index (χ3n) is 4.53. The van der Waals surface area contributed by atoms with Crippen molar-refractivity contribution in [3.8, 4) is 0 Å². The van der Waals surface area contributed by atoms with E-state index in [1.54, 1.807) is 11.3 Å². The van der Waals surface area contributed by atoms with Gasteiger partial charge in [0.05, 0.1) is 0 Å². The third-order valence-corrected chi connectivity index (χ3v) is 5.54. The average molecular weight is 289 g/mol. The minimum Gasteiger partial charge on any atom is -0.480 e. The first-order valence-corrected chi connectivity index (χ1v) is 7.99. The molecule has 0 aliphatic carbocycles. The summed E-state index contributed by atoms with van der Waals surface area (Å²) in [5.41, 5.74) is 0.592. The van der Waals surface area contributed by atoms with Crippen molar-refractivity contribution in [2.45, 2.75) is 38.3 Å². The number of nitrogens with zero attached hydrogens (tertiary/aromatic N) is 1. The van der Waals surface area contributed by atoms with E-state index in [9.17, 15) is 9.90 Å². The highest BCUT2D eigenvalue weighted by Crippen LogP contribution is 2.36. The number of carbonyl (C=O) groups is 1. The summed E-state index contributed by atoms with van der Waals surface area (Å²) in [6.45, 7) is 3.60. The molecule has 0 radical (unpaired) electrons. The van der Waals surface area contributed by atoms with Crippen LogP contribution in [-0.4, -0.2) is 28.1 Å². The zero-order valence-electron chi connectivity index (χ0n) is 11.6. The quantitative estimate of drug-likeness (QED) is 0.932. The summed E-state index contributed by atoms with van der Waals surface area (Å²) in [6.07, 6.45) is 2.41. The first-order chi connectivity index (χ1) is 9.67. The number of fused-ring (bicyclic) bond motifs is 1. The van der Waals surface area contributed by atoms with E-state index in [1.165, 1.54) is 15.6 Å². The number of likely N-dealkylation sites (tertiary alicyclic amines) is 1. The molecule has 0 amide bonds. The van der Waals surface area contributed by atoms with Crippen molar-refractivity contribution in [1.82, 2.24) is 4.90 Å².